The lowest BCUT2D eigenvalue weighted by Gasteiger charge is -2.26. The molecule has 0 aliphatic carbocycles. The van der Waals surface area contributed by atoms with Gasteiger partial charge >= 0.3 is 18.0 Å². The Bertz CT molecular complexity index is 745. The van der Waals surface area contributed by atoms with Gasteiger partial charge in [-0.15, -0.1) is 11.8 Å². The van der Waals surface area contributed by atoms with E-state index in [-0.39, 0.29) is 24.5 Å². The SMILES string of the molecule is CCOC(=O)C1=C(COC(=O)[C@H](C)Sc2ccc(C)cc2)NC(=O)N[C@@H]1C. The summed E-state index contributed by atoms with van der Waals surface area (Å²) in [5.74, 6) is -0.984. The van der Waals surface area contributed by atoms with Crippen LogP contribution in [0, 0.1) is 6.92 Å². The smallest absolute Gasteiger partial charge is 0.338 e. The molecule has 0 unspecified atom stereocenters. The third-order valence-corrected chi connectivity index (χ3v) is 4.98. The largest absolute Gasteiger partial charge is 0.463 e. The standard InChI is InChI=1S/C19H24N2O5S/c1-5-25-18(23)16-12(3)20-19(24)21-15(16)10-26-17(22)13(4)27-14-8-6-11(2)7-9-14/h6-9,12-13H,5,10H2,1-4H3,(H2,20,21,24)/t12-,13+/m1/s1. The molecule has 146 valence electrons. The first-order valence-electron chi connectivity index (χ1n) is 8.69. The van der Waals surface area contributed by atoms with Gasteiger partial charge in [0.1, 0.15) is 11.9 Å². The molecule has 8 heteroatoms. The maximum absolute atomic E-state index is 12.3. The normalized spacial score (nSPS) is 17.6. The molecule has 1 aliphatic rings. The highest BCUT2D eigenvalue weighted by atomic mass is 32.2. The predicted molar refractivity (Wildman–Crippen MR) is 102 cm³/mol. The van der Waals surface area contributed by atoms with Gasteiger partial charge in [-0.25, -0.2) is 9.59 Å². The van der Waals surface area contributed by atoms with Crippen molar-refractivity contribution in [3.63, 3.8) is 0 Å². The molecule has 2 atom stereocenters. The Kier molecular flexibility index (Phi) is 7.29. The van der Waals surface area contributed by atoms with E-state index in [1.807, 2.05) is 31.2 Å². The van der Waals surface area contributed by atoms with E-state index in [0.717, 1.165) is 10.5 Å². The van der Waals surface area contributed by atoms with Crippen LogP contribution in [0.5, 0.6) is 0 Å². The lowest BCUT2D eigenvalue weighted by atomic mass is 10.0. The van der Waals surface area contributed by atoms with E-state index in [4.69, 9.17) is 9.47 Å². The molecule has 0 saturated carbocycles. The zero-order valence-corrected chi connectivity index (χ0v) is 16.6. The zero-order valence-electron chi connectivity index (χ0n) is 15.8. The quantitative estimate of drug-likeness (QED) is 0.547. The van der Waals surface area contributed by atoms with Crippen molar-refractivity contribution in [3.05, 3.63) is 41.1 Å². The number of aryl methyl sites for hydroxylation is 1. The van der Waals surface area contributed by atoms with Gasteiger partial charge in [0, 0.05) is 4.90 Å². The van der Waals surface area contributed by atoms with Crippen LogP contribution in [0.3, 0.4) is 0 Å². The van der Waals surface area contributed by atoms with Gasteiger partial charge in [0.15, 0.2) is 0 Å². The molecular weight excluding hydrogens is 368 g/mol. The third kappa shape index (κ3) is 5.75. The van der Waals surface area contributed by atoms with Crippen molar-refractivity contribution < 1.29 is 23.9 Å². The van der Waals surface area contributed by atoms with E-state index in [9.17, 15) is 14.4 Å². The lowest BCUT2D eigenvalue weighted by Crippen LogP contribution is -2.50. The van der Waals surface area contributed by atoms with E-state index < -0.39 is 29.3 Å². The molecule has 1 aromatic rings. The fraction of sp³-hybridized carbons (Fsp3) is 0.421. The van der Waals surface area contributed by atoms with Gasteiger partial charge in [0.2, 0.25) is 0 Å². The Morgan fingerprint density at radius 2 is 1.89 bits per heavy atom. The lowest BCUT2D eigenvalue weighted by molar-refractivity contribution is -0.143. The summed E-state index contributed by atoms with van der Waals surface area (Å²) in [6.45, 7) is 7.11. The van der Waals surface area contributed by atoms with Gasteiger partial charge in [-0.1, -0.05) is 17.7 Å². The van der Waals surface area contributed by atoms with Gasteiger partial charge in [0.05, 0.1) is 23.9 Å². The highest BCUT2D eigenvalue weighted by molar-refractivity contribution is 8.00. The molecule has 0 spiro atoms. The Hall–Kier alpha value is -2.48. The van der Waals surface area contributed by atoms with Crippen LogP contribution in [0.15, 0.2) is 40.4 Å². The number of amides is 2. The Balaban J connectivity index is 2.03. The van der Waals surface area contributed by atoms with Crippen LogP contribution < -0.4 is 10.6 Å². The molecular formula is C19H24N2O5S. The van der Waals surface area contributed by atoms with Crippen LogP contribution in [-0.4, -0.2) is 42.5 Å². The summed E-state index contributed by atoms with van der Waals surface area (Å²) in [6.07, 6.45) is 0. The fourth-order valence-corrected chi connectivity index (χ4v) is 3.39. The molecule has 0 bridgehead atoms. The number of nitrogens with one attached hydrogen (secondary N) is 2. The van der Waals surface area contributed by atoms with Gasteiger partial charge in [-0.3, -0.25) is 4.79 Å². The number of thioether (sulfide) groups is 1. The molecule has 1 aliphatic heterocycles. The first kappa shape index (κ1) is 20.8. The summed E-state index contributed by atoms with van der Waals surface area (Å²) in [5, 5.41) is 4.69. The molecule has 0 aromatic heterocycles. The molecule has 1 heterocycles. The minimum atomic E-state index is -0.550. The van der Waals surface area contributed by atoms with Crippen LogP contribution in [0.1, 0.15) is 26.3 Å². The van der Waals surface area contributed by atoms with Crippen molar-refractivity contribution in [2.75, 3.05) is 13.2 Å². The number of hydrogen-bond donors (Lipinski definition) is 2. The van der Waals surface area contributed by atoms with Gasteiger partial charge in [-0.2, -0.15) is 0 Å². The monoisotopic (exact) mass is 392 g/mol. The van der Waals surface area contributed by atoms with Crippen LogP contribution in [0.2, 0.25) is 0 Å². The maximum atomic E-state index is 12.3. The average molecular weight is 392 g/mol. The molecule has 2 amide bonds. The minimum absolute atomic E-state index is 0.205. The minimum Gasteiger partial charge on any atom is -0.463 e. The molecule has 27 heavy (non-hydrogen) atoms. The third-order valence-electron chi connectivity index (χ3n) is 3.89. The highest BCUT2D eigenvalue weighted by Gasteiger charge is 2.30. The van der Waals surface area contributed by atoms with Gasteiger partial charge in [-0.05, 0) is 39.8 Å². The number of benzene rings is 1. The molecule has 0 fully saturated rings. The predicted octanol–water partition coefficient (Wildman–Crippen LogP) is 2.54. The molecule has 7 nitrogen and oxygen atoms in total. The van der Waals surface area contributed by atoms with Gasteiger partial charge < -0.3 is 20.1 Å². The Morgan fingerprint density at radius 1 is 1.22 bits per heavy atom. The second-order valence-electron chi connectivity index (χ2n) is 6.11. The Labute approximate surface area is 162 Å². The van der Waals surface area contributed by atoms with Gasteiger partial charge in [0.25, 0.3) is 0 Å². The molecule has 2 rings (SSSR count). The number of carbonyl (C=O) groups excluding carboxylic acids is 3. The summed E-state index contributed by atoms with van der Waals surface area (Å²) < 4.78 is 10.4. The van der Waals surface area contributed by atoms with Crippen LogP contribution in [0.4, 0.5) is 4.79 Å². The van der Waals surface area contributed by atoms with E-state index in [1.54, 1.807) is 20.8 Å². The van der Waals surface area contributed by atoms with Crippen LogP contribution in [-0.2, 0) is 19.1 Å². The highest BCUT2D eigenvalue weighted by Crippen LogP contribution is 2.24. The van der Waals surface area contributed by atoms with E-state index in [1.165, 1.54) is 11.8 Å². The first-order chi connectivity index (χ1) is 12.8. The molecule has 1 aromatic carbocycles. The zero-order chi connectivity index (χ0) is 20.0. The average Bonchev–Trinajstić information content (AvgIpc) is 2.61. The number of urea groups is 1. The molecule has 0 saturated heterocycles. The van der Waals surface area contributed by atoms with Crippen LogP contribution >= 0.6 is 11.8 Å². The van der Waals surface area contributed by atoms with Crippen molar-refractivity contribution in [2.24, 2.45) is 0 Å². The number of esters is 2. The van der Waals surface area contributed by atoms with Crippen molar-refractivity contribution in [3.8, 4) is 0 Å². The summed E-state index contributed by atoms with van der Waals surface area (Å²) in [6, 6.07) is 6.85. The molecule has 2 N–H and O–H groups in total. The van der Waals surface area contributed by atoms with E-state index in [2.05, 4.69) is 10.6 Å². The van der Waals surface area contributed by atoms with Crippen LogP contribution in [0.25, 0.3) is 0 Å². The summed E-state index contributed by atoms with van der Waals surface area (Å²) >= 11 is 1.38. The van der Waals surface area contributed by atoms with E-state index >= 15 is 0 Å². The van der Waals surface area contributed by atoms with Crippen molar-refractivity contribution in [2.45, 2.75) is 43.9 Å². The summed E-state index contributed by atoms with van der Waals surface area (Å²) in [4.78, 5) is 37.1. The van der Waals surface area contributed by atoms with E-state index in [0.29, 0.717) is 0 Å². The molecule has 0 radical (unpaired) electrons. The Morgan fingerprint density at radius 3 is 2.52 bits per heavy atom. The summed E-state index contributed by atoms with van der Waals surface area (Å²) in [5.41, 5.74) is 1.64. The number of rotatable bonds is 7. The fourth-order valence-electron chi connectivity index (χ4n) is 2.52. The second kappa shape index (κ2) is 9.45. The second-order valence-corrected chi connectivity index (χ2v) is 7.53. The van der Waals surface area contributed by atoms with Crippen molar-refractivity contribution in [1.82, 2.24) is 10.6 Å². The topological polar surface area (TPSA) is 93.7 Å². The van der Waals surface area contributed by atoms with Crippen molar-refractivity contribution in [1.29, 1.82) is 0 Å². The first-order valence-corrected chi connectivity index (χ1v) is 9.57. The summed E-state index contributed by atoms with van der Waals surface area (Å²) in [7, 11) is 0. The number of carbonyl (C=O) groups is 3. The number of ether oxygens (including phenoxy) is 2. The maximum Gasteiger partial charge on any atom is 0.338 e. The van der Waals surface area contributed by atoms with Crippen molar-refractivity contribution >= 4 is 29.7 Å². The number of hydrogen-bond acceptors (Lipinski definition) is 6.